The van der Waals surface area contributed by atoms with E-state index in [1.165, 1.54) is 6.92 Å². The lowest BCUT2D eigenvalue weighted by molar-refractivity contribution is -0.139. The summed E-state index contributed by atoms with van der Waals surface area (Å²) in [4.78, 5) is 58.7. The first-order valence-corrected chi connectivity index (χ1v) is 11.4. The van der Waals surface area contributed by atoms with Crippen LogP contribution < -0.4 is 27.0 Å². The zero-order valence-corrected chi connectivity index (χ0v) is 19.9. The highest BCUT2D eigenvalue weighted by Crippen LogP contribution is 2.04. The van der Waals surface area contributed by atoms with E-state index < -0.39 is 24.1 Å². The van der Waals surface area contributed by atoms with Gasteiger partial charge in [0.1, 0.15) is 18.7 Å². The molecule has 0 heterocycles. The van der Waals surface area contributed by atoms with Crippen LogP contribution in [0.5, 0.6) is 0 Å². The van der Waals surface area contributed by atoms with E-state index in [4.69, 9.17) is 10.5 Å². The minimum absolute atomic E-state index is 0.00300. The molecule has 1 rings (SSSR count). The number of ether oxygens (including phenoxy) is 1. The molecular formula is C23H35N5O7. The van der Waals surface area contributed by atoms with Gasteiger partial charge in [0, 0.05) is 33.0 Å². The van der Waals surface area contributed by atoms with Crippen molar-refractivity contribution in [2.24, 2.45) is 5.73 Å². The molecular weight excluding hydrogens is 458 g/mol. The SMILES string of the molecule is CC(=O)N[C@@H](CCCCNC(=O)CC[C@H](NC(=O)OCc1ccccc1)C(=O)O)C(=O)NCCN. The number of nitrogens with one attached hydrogen (secondary N) is 4. The largest absolute Gasteiger partial charge is 0.480 e. The topological polar surface area (TPSA) is 189 Å². The van der Waals surface area contributed by atoms with Crippen molar-refractivity contribution in [3.8, 4) is 0 Å². The molecule has 0 bridgehead atoms. The summed E-state index contributed by atoms with van der Waals surface area (Å²) in [6, 6.07) is 6.98. The number of alkyl carbamates (subject to hydrolysis) is 1. The highest BCUT2D eigenvalue weighted by atomic mass is 16.5. The molecule has 0 aliphatic rings. The first-order chi connectivity index (χ1) is 16.7. The van der Waals surface area contributed by atoms with E-state index in [0.29, 0.717) is 32.4 Å². The van der Waals surface area contributed by atoms with Crippen LogP contribution in [0.2, 0.25) is 0 Å². The zero-order chi connectivity index (χ0) is 26.1. The van der Waals surface area contributed by atoms with Crippen molar-refractivity contribution in [3.05, 3.63) is 35.9 Å². The Hall–Kier alpha value is -3.67. The number of carbonyl (C=O) groups excluding carboxylic acids is 4. The van der Waals surface area contributed by atoms with E-state index in [-0.39, 0.29) is 43.7 Å². The molecule has 1 aromatic rings. The quantitative estimate of drug-likeness (QED) is 0.174. The molecule has 194 valence electrons. The van der Waals surface area contributed by atoms with E-state index in [9.17, 15) is 29.1 Å². The Morgan fingerprint density at radius 2 is 1.66 bits per heavy atom. The van der Waals surface area contributed by atoms with Crippen LogP contribution in [0.25, 0.3) is 0 Å². The van der Waals surface area contributed by atoms with Gasteiger partial charge in [-0.25, -0.2) is 9.59 Å². The van der Waals surface area contributed by atoms with E-state index in [1.807, 2.05) is 6.07 Å². The summed E-state index contributed by atoms with van der Waals surface area (Å²) in [7, 11) is 0. The van der Waals surface area contributed by atoms with Crippen LogP contribution in [0.15, 0.2) is 30.3 Å². The van der Waals surface area contributed by atoms with E-state index in [0.717, 1.165) is 5.56 Å². The van der Waals surface area contributed by atoms with Gasteiger partial charge < -0.3 is 36.8 Å². The fraction of sp³-hybridized carbons (Fsp3) is 0.522. The lowest BCUT2D eigenvalue weighted by Crippen LogP contribution is -2.47. The van der Waals surface area contributed by atoms with Gasteiger partial charge in [0.15, 0.2) is 0 Å². The van der Waals surface area contributed by atoms with Crippen molar-refractivity contribution >= 4 is 29.8 Å². The number of carbonyl (C=O) groups is 5. The maximum absolute atomic E-state index is 12.1. The van der Waals surface area contributed by atoms with Gasteiger partial charge in [-0.3, -0.25) is 14.4 Å². The third-order valence-electron chi connectivity index (χ3n) is 4.84. The summed E-state index contributed by atoms with van der Waals surface area (Å²) in [6.45, 7) is 2.24. The van der Waals surface area contributed by atoms with Crippen molar-refractivity contribution in [1.82, 2.24) is 21.3 Å². The molecule has 0 unspecified atom stereocenters. The maximum atomic E-state index is 12.1. The zero-order valence-electron chi connectivity index (χ0n) is 19.9. The third kappa shape index (κ3) is 13.6. The molecule has 0 spiro atoms. The number of rotatable bonds is 16. The second-order valence-corrected chi connectivity index (χ2v) is 7.81. The highest BCUT2D eigenvalue weighted by molar-refractivity contribution is 5.86. The number of unbranched alkanes of at least 4 members (excludes halogenated alkanes) is 1. The Morgan fingerprint density at radius 3 is 2.29 bits per heavy atom. The maximum Gasteiger partial charge on any atom is 0.408 e. The lowest BCUT2D eigenvalue weighted by Gasteiger charge is -2.17. The number of aliphatic carboxylic acids is 1. The first-order valence-electron chi connectivity index (χ1n) is 11.4. The van der Waals surface area contributed by atoms with Crippen LogP contribution in [0.3, 0.4) is 0 Å². The molecule has 1 aromatic carbocycles. The number of carboxylic acids is 1. The lowest BCUT2D eigenvalue weighted by atomic mass is 10.1. The molecule has 0 aliphatic heterocycles. The van der Waals surface area contributed by atoms with Crippen molar-refractivity contribution in [3.63, 3.8) is 0 Å². The van der Waals surface area contributed by atoms with Gasteiger partial charge in [0.2, 0.25) is 17.7 Å². The predicted octanol–water partition coefficient (Wildman–Crippen LogP) is 0.0123. The number of benzene rings is 1. The molecule has 0 saturated carbocycles. The molecule has 0 radical (unpaired) electrons. The predicted molar refractivity (Wildman–Crippen MR) is 127 cm³/mol. The van der Waals surface area contributed by atoms with Gasteiger partial charge in [-0.2, -0.15) is 0 Å². The van der Waals surface area contributed by atoms with Crippen LogP contribution in [-0.4, -0.2) is 66.6 Å². The average molecular weight is 494 g/mol. The number of hydrogen-bond acceptors (Lipinski definition) is 7. The summed E-state index contributed by atoms with van der Waals surface area (Å²) in [5.74, 6) is -2.28. The molecule has 0 aliphatic carbocycles. The molecule has 2 atom stereocenters. The molecule has 12 nitrogen and oxygen atoms in total. The summed E-state index contributed by atoms with van der Waals surface area (Å²) in [5, 5.41) is 19.4. The number of amides is 4. The van der Waals surface area contributed by atoms with Gasteiger partial charge in [-0.1, -0.05) is 30.3 Å². The van der Waals surface area contributed by atoms with Crippen molar-refractivity contribution in [2.75, 3.05) is 19.6 Å². The van der Waals surface area contributed by atoms with Crippen LogP contribution in [-0.2, 0) is 30.5 Å². The fourth-order valence-electron chi connectivity index (χ4n) is 3.06. The minimum Gasteiger partial charge on any atom is -0.480 e. The molecule has 7 N–H and O–H groups in total. The standard InChI is InChI=1S/C23H35N5O7/c1-16(29)27-18(21(31)26-14-12-24)9-5-6-13-25-20(30)11-10-19(22(32)33)28-23(34)35-15-17-7-3-2-4-8-17/h2-4,7-8,18-19H,5-6,9-15,24H2,1H3,(H,25,30)(H,26,31)(H,27,29)(H,28,34)(H,32,33)/t18-,19-/m0/s1. The molecule has 4 amide bonds. The average Bonchev–Trinajstić information content (AvgIpc) is 2.83. The Labute approximate surface area is 204 Å². The van der Waals surface area contributed by atoms with Crippen LogP contribution in [0.4, 0.5) is 4.79 Å². The van der Waals surface area contributed by atoms with Crippen molar-refractivity contribution in [1.29, 1.82) is 0 Å². The summed E-state index contributed by atoms with van der Waals surface area (Å²) in [5.41, 5.74) is 6.12. The summed E-state index contributed by atoms with van der Waals surface area (Å²) < 4.78 is 5.01. The number of carboxylic acid groups (broad SMARTS) is 1. The Kier molecular flexibility index (Phi) is 14.2. The third-order valence-corrected chi connectivity index (χ3v) is 4.84. The Morgan fingerprint density at radius 1 is 0.943 bits per heavy atom. The van der Waals surface area contributed by atoms with E-state index >= 15 is 0 Å². The molecule has 12 heteroatoms. The van der Waals surface area contributed by atoms with Gasteiger partial charge in [0.05, 0.1) is 0 Å². The molecule has 0 saturated heterocycles. The van der Waals surface area contributed by atoms with E-state index in [2.05, 4.69) is 21.3 Å². The monoisotopic (exact) mass is 493 g/mol. The summed E-state index contributed by atoms with van der Waals surface area (Å²) >= 11 is 0. The minimum atomic E-state index is -1.27. The molecule has 0 fully saturated rings. The number of hydrogen-bond donors (Lipinski definition) is 6. The molecule has 35 heavy (non-hydrogen) atoms. The van der Waals surface area contributed by atoms with Crippen LogP contribution in [0, 0.1) is 0 Å². The van der Waals surface area contributed by atoms with E-state index in [1.54, 1.807) is 24.3 Å². The van der Waals surface area contributed by atoms with Gasteiger partial charge >= 0.3 is 12.1 Å². The van der Waals surface area contributed by atoms with Gasteiger partial charge in [-0.05, 0) is 31.2 Å². The first kappa shape index (κ1) is 29.4. The van der Waals surface area contributed by atoms with Crippen molar-refractivity contribution in [2.45, 2.75) is 57.7 Å². The van der Waals surface area contributed by atoms with Crippen LogP contribution >= 0.6 is 0 Å². The normalized spacial score (nSPS) is 12.1. The Balaban J connectivity index is 2.31. The fourth-order valence-corrected chi connectivity index (χ4v) is 3.06. The second kappa shape index (κ2) is 16.9. The van der Waals surface area contributed by atoms with Crippen LogP contribution in [0.1, 0.15) is 44.6 Å². The number of nitrogens with two attached hydrogens (primary N) is 1. The Bertz CT molecular complexity index is 835. The second-order valence-electron chi connectivity index (χ2n) is 7.81. The van der Waals surface area contributed by atoms with Gasteiger partial charge in [-0.15, -0.1) is 0 Å². The highest BCUT2D eigenvalue weighted by Gasteiger charge is 2.22. The van der Waals surface area contributed by atoms with Gasteiger partial charge in [0.25, 0.3) is 0 Å². The van der Waals surface area contributed by atoms with Crippen molar-refractivity contribution < 1.29 is 33.8 Å². The summed E-state index contributed by atoms with van der Waals surface area (Å²) in [6.07, 6.45) is 0.416. The molecule has 0 aromatic heterocycles. The smallest absolute Gasteiger partial charge is 0.408 e.